The molecule has 0 spiro atoms. The highest BCUT2D eigenvalue weighted by atomic mass is 32.1. The lowest BCUT2D eigenvalue weighted by molar-refractivity contribution is 0.861. The van der Waals surface area contributed by atoms with Crippen LogP contribution in [0, 0.1) is 6.92 Å². The second-order valence-electron chi connectivity index (χ2n) is 4.27. The molecular formula is C13H13N5S. The first-order chi connectivity index (χ1) is 9.22. The van der Waals surface area contributed by atoms with Gasteiger partial charge in [-0.05, 0) is 26.0 Å². The minimum atomic E-state index is 0.125. The molecule has 0 aromatic carbocycles. The Kier molecular flexibility index (Phi) is 3.08. The van der Waals surface area contributed by atoms with Crippen LogP contribution in [0.3, 0.4) is 0 Å². The summed E-state index contributed by atoms with van der Waals surface area (Å²) < 4.78 is 0. The first-order valence-corrected chi connectivity index (χ1v) is 6.80. The van der Waals surface area contributed by atoms with Crippen molar-refractivity contribution >= 4 is 28.3 Å². The molecule has 0 bridgehead atoms. The van der Waals surface area contributed by atoms with Gasteiger partial charge in [0.1, 0.15) is 16.3 Å². The molecule has 0 amide bonds. The maximum atomic E-state index is 4.44. The Bertz CT molecular complexity index is 709. The number of hydrogen-bond donors (Lipinski definition) is 1. The Labute approximate surface area is 114 Å². The Morgan fingerprint density at radius 3 is 2.79 bits per heavy atom. The molecule has 0 saturated heterocycles. The Balaban J connectivity index is 1.84. The maximum absolute atomic E-state index is 4.44. The van der Waals surface area contributed by atoms with Gasteiger partial charge in [-0.25, -0.2) is 15.0 Å². The van der Waals surface area contributed by atoms with Crippen molar-refractivity contribution in [1.82, 2.24) is 19.9 Å². The van der Waals surface area contributed by atoms with E-state index in [1.807, 2.05) is 18.3 Å². The van der Waals surface area contributed by atoms with Crippen LogP contribution >= 0.6 is 11.3 Å². The van der Waals surface area contributed by atoms with E-state index in [-0.39, 0.29) is 6.04 Å². The lowest BCUT2D eigenvalue weighted by Gasteiger charge is -2.11. The largest absolute Gasteiger partial charge is 0.361 e. The van der Waals surface area contributed by atoms with Crippen molar-refractivity contribution in [3.63, 3.8) is 0 Å². The highest BCUT2D eigenvalue weighted by Crippen LogP contribution is 2.22. The van der Waals surface area contributed by atoms with Crippen molar-refractivity contribution in [3.05, 3.63) is 40.6 Å². The van der Waals surface area contributed by atoms with Crippen LogP contribution in [0.15, 0.2) is 30.7 Å². The van der Waals surface area contributed by atoms with Gasteiger partial charge in [-0.15, -0.1) is 11.3 Å². The molecule has 3 heterocycles. The van der Waals surface area contributed by atoms with Crippen molar-refractivity contribution in [3.8, 4) is 0 Å². The van der Waals surface area contributed by atoms with Crippen molar-refractivity contribution in [2.45, 2.75) is 19.9 Å². The summed E-state index contributed by atoms with van der Waals surface area (Å²) in [7, 11) is 0. The van der Waals surface area contributed by atoms with E-state index in [0.717, 1.165) is 16.3 Å². The predicted molar refractivity (Wildman–Crippen MR) is 76.2 cm³/mol. The smallest absolute Gasteiger partial charge is 0.180 e. The lowest BCUT2D eigenvalue weighted by atomic mass is 10.3. The fourth-order valence-electron chi connectivity index (χ4n) is 1.79. The summed E-state index contributed by atoms with van der Waals surface area (Å²) in [4.78, 5) is 18.4. The molecule has 3 aromatic rings. The number of aromatic nitrogens is 4. The van der Waals surface area contributed by atoms with Gasteiger partial charge < -0.3 is 5.32 Å². The van der Waals surface area contributed by atoms with Gasteiger partial charge in [0.15, 0.2) is 5.65 Å². The Hall–Kier alpha value is -2.08. The Morgan fingerprint density at radius 2 is 2.00 bits per heavy atom. The first kappa shape index (κ1) is 12.0. The van der Waals surface area contributed by atoms with Crippen LogP contribution < -0.4 is 5.32 Å². The van der Waals surface area contributed by atoms with E-state index < -0.39 is 0 Å². The van der Waals surface area contributed by atoms with Crippen LogP contribution in [0.25, 0.3) is 11.2 Å². The Morgan fingerprint density at radius 1 is 1.16 bits per heavy atom. The molecule has 0 aliphatic heterocycles. The average Bonchev–Trinajstić information content (AvgIpc) is 2.85. The van der Waals surface area contributed by atoms with Gasteiger partial charge in [0, 0.05) is 23.5 Å². The second-order valence-corrected chi connectivity index (χ2v) is 5.54. The number of hydrogen-bond acceptors (Lipinski definition) is 6. The van der Waals surface area contributed by atoms with Crippen LogP contribution in [0.1, 0.15) is 22.9 Å². The normalized spacial score (nSPS) is 12.5. The third-order valence-corrected chi connectivity index (χ3v) is 3.80. The highest BCUT2D eigenvalue weighted by Gasteiger charge is 2.10. The van der Waals surface area contributed by atoms with Crippen LogP contribution in [0.5, 0.6) is 0 Å². The molecule has 1 atom stereocenters. The quantitative estimate of drug-likeness (QED) is 0.793. The number of anilines is 1. The molecule has 1 N–H and O–H groups in total. The summed E-state index contributed by atoms with van der Waals surface area (Å²) >= 11 is 1.69. The monoisotopic (exact) mass is 271 g/mol. The number of nitrogens with one attached hydrogen (secondary N) is 1. The van der Waals surface area contributed by atoms with Gasteiger partial charge in [0.25, 0.3) is 0 Å². The van der Waals surface area contributed by atoms with Gasteiger partial charge >= 0.3 is 0 Å². The van der Waals surface area contributed by atoms with E-state index in [1.54, 1.807) is 23.7 Å². The maximum Gasteiger partial charge on any atom is 0.180 e. The molecule has 6 heteroatoms. The first-order valence-electron chi connectivity index (χ1n) is 5.99. The molecule has 3 rings (SSSR count). The van der Waals surface area contributed by atoms with Crippen molar-refractivity contribution in [1.29, 1.82) is 0 Å². The third kappa shape index (κ3) is 2.53. The standard InChI is InChI=1S/C13H13N5S/c1-8-7-16-13(19-8)9(2)17-11-4-3-10-12(18-11)15-6-5-14-10/h3-7,9H,1-2H3,(H,15,17,18). The van der Waals surface area contributed by atoms with E-state index in [0.29, 0.717) is 5.65 Å². The van der Waals surface area contributed by atoms with Crippen molar-refractivity contribution < 1.29 is 0 Å². The summed E-state index contributed by atoms with van der Waals surface area (Å²) in [6.45, 7) is 4.12. The minimum Gasteiger partial charge on any atom is -0.361 e. The zero-order chi connectivity index (χ0) is 13.2. The van der Waals surface area contributed by atoms with Gasteiger partial charge in [-0.3, -0.25) is 4.98 Å². The van der Waals surface area contributed by atoms with Gasteiger partial charge in [0.05, 0.1) is 6.04 Å². The average molecular weight is 271 g/mol. The fourth-order valence-corrected chi connectivity index (χ4v) is 2.57. The molecule has 1 unspecified atom stereocenters. The van der Waals surface area contributed by atoms with Gasteiger partial charge in [-0.2, -0.15) is 0 Å². The molecule has 5 nitrogen and oxygen atoms in total. The molecule has 96 valence electrons. The number of aryl methyl sites for hydroxylation is 1. The van der Waals surface area contributed by atoms with Crippen LogP contribution in [0.2, 0.25) is 0 Å². The van der Waals surface area contributed by atoms with E-state index >= 15 is 0 Å². The van der Waals surface area contributed by atoms with Crippen LogP contribution in [-0.2, 0) is 0 Å². The van der Waals surface area contributed by atoms with Crippen LogP contribution in [0.4, 0.5) is 5.82 Å². The molecular weight excluding hydrogens is 258 g/mol. The van der Waals surface area contributed by atoms with E-state index in [1.165, 1.54) is 4.88 Å². The minimum absolute atomic E-state index is 0.125. The van der Waals surface area contributed by atoms with Crippen LogP contribution in [-0.4, -0.2) is 19.9 Å². The number of pyridine rings is 1. The fraction of sp³-hybridized carbons (Fsp3) is 0.231. The van der Waals surface area contributed by atoms with E-state index in [4.69, 9.17) is 0 Å². The van der Waals surface area contributed by atoms with Crippen molar-refractivity contribution in [2.24, 2.45) is 0 Å². The molecule has 3 aromatic heterocycles. The summed E-state index contributed by atoms with van der Waals surface area (Å²) in [5, 5.41) is 4.39. The number of rotatable bonds is 3. The SMILES string of the molecule is Cc1cnc(C(C)Nc2ccc3nccnc3n2)s1. The molecule has 0 radical (unpaired) electrons. The zero-order valence-electron chi connectivity index (χ0n) is 10.7. The second kappa shape index (κ2) is 4.89. The number of fused-ring (bicyclic) bond motifs is 1. The molecule has 0 saturated carbocycles. The van der Waals surface area contributed by atoms with E-state index in [2.05, 4.69) is 39.1 Å². The molecule has 0 aliphatic carbocycles. The van der Waals surface area contributed by atoms with Gasteiger partial charge in [0.2, 0.25) is 0 Å². The zero-order valence-corrected chi connectivity index (χ0v) is 11.5. The number of thiazole rings is 1. The summed E-state index contributed by atoms with van der Waals surface area (Å²) in [6, 6.07) is 3.95. The summed E-state index contributed by atoms with van der Waals surface area (Å²) in [5.41, 5.74) is 1.45. The molecule has 0 aliphatic rings. The molecule has 19 heavy (non-hydrogen) atoms. The van der Waals surface area contributed by atoms with E-state index in [9.17, 15) is 0 Å². The highest BCUT2D eigenvalue weighted by molar-refractivity contribution is 7.11. The topological polar surface area (TPSA) is 63.6 Å². The lowest BCUT2D eigenvalue weighted by Crippen LogP contribution is -2.07. The number of nitrogens with zero attached hydrogens (tertiary/aromatic N) is 4. The van der Waals surface area contributed by atoms with Gasteiger partial charge in [-0.1, -0.05) is 0 Å². The van der Waals surface area contributed by atoms with Crippen molar-refractivity contribution in [2.75, 3.05) is 5.32 Å². The molecule has 0 fully saturated rings. The predicted octanol–water partition coefficient (Wildman–Crippen LogP) is 2.96. The third-order valence-electron chi connectivity index (χ3n) is 2.71. The summed E-state index contributed by atoms with van der Waals surface area (Å²) in [6.07, 6.45) is 5.20. The summed E-state index contributed by atoms with van der Waals surface area (Å²) in [5.74, 6) is 0.786.